The molecule has 0 unspecified atom stereocenters. The zero-order valence-electron chi connectivity index (χ0n) is 25.5. The Kier molecular flexibility index (Phi) is 7.78. The van der Waals surface area contributed by atoms with Gasteiger partial charge in [0, 0.05) is 29.1 Å². The third-order valence-electron chi connectivity index (χ3n) is 11.2. The summed E-state index contributed by atoms with van der Waals surface area (Å²) in [5.74, 6) is 0.767. The summed E-state index contributed by atoms with van der Waals surface area (Å²) in [4.78, 5) is 15.9. The zero-order valence-corrected chi connectivity index (χ0v) is 27.1. The molecule has 2 saturated carbocycles. The minimum atomic E-state index is -3.92. The summed E-state index contributed by atoms with van der Waals surface area (Å²) in [5, 5.41) is 11.4. The van der Waals surface area contributed by atoms with Crippen molar-refractivity contribution in [3.05, 3.63) is 70.3 Å². The lowest BCUT2D eigenvalue weighted by Crippen LogP contribution is -2.52. The number of sulfonamides is 1. The fraction of sp³-hybridized carbons (Fsp3) is 0.571. The van der Waals surface area contributed by atoms with Gasteiger partial charge in [0.2, 0.25) is 10.0 Å². The van der Waals surface area contributed by atoms with Crippen LogP contribution in [-0.4, -0.2) is 50.5 Å². The summed E-state index contributed by atoms with van der Waals surface area (Å²) < 4.78 is 36.3. The van der Waals surface area contributed by atoms with Gasteiger partial charge in [-0.05, 0) is 116 Å². The van der Waals surface area contributed by atoms with Gasteiger partial charge in [-0.15, -0.1) is 0 Å². The Hall–Kier alpha value is -2.55. The molecule has 2 aromatic rings. The van der Waals surface area contributed by atoms with E-state index in [0.717, 1.165) is 49.2 Å². The lowest BCUT2D eigenvalue weighted by molar-refractivity contribution is -0.000381. The summed E-state index contributed by atoms with van der Waals surface area (Å²) in [6.07, 6.45) is 9.38. The van der Waals surface area contributed by atoms with Gasteiger partial charge in [0.15, 0.2) is 0 Å². The molecule has 7 atom stereocenters. The van der Waals surface area contributed by atoms with Crippen LogP contribution in [0.1, 0.15) is 73.9 Å². The third kappa shape index (κ3) is 5.45. The van der Waals surface area contributed by atoms with E-state index in [1.54, 1.807) is 12.1 Å². The van der Waals surface area contributed by atoms with Crippen LogP contribution in [0.3, 0.4) is 0 Å². The highest BCUT2D eigenvalue weighted by Crippen LogP contribution is 2.48. The molecule has 236 valence electrons. The van der Waals surface area contributed by atoms with E-state index in [1.165, 1.54) is 11.1 Å². The largest absolute Gasteiger partial charge is 0.490 e. The van der Waals surface area contributed by atoms with E-state index >= 15 is 0 Å². The second-order valence-electron chi connectivity index (χ2n) is 14.2. The molecular formula is C35H43ClN2O5S. The molecule has 0 saturated heterocycles. The van der Waals surface area contributed by atoms with Gasteiger partial charge in [-0.1, -0.05) is 43.7 Å². The van der Waals surface area contributed by atoms with Crippen LogP contribution in [0.4, 0.5) is 5.69 Å². The van der Waals surface area contributed by atoms with Crippen molar-refractivity contribution in [1.82, 2.24) is 4.72 Å². The molecule has 1 amide bonds. The van der Waals surface area contributed by atoms with Crippen LogP contribution in [-0.2, 0) is 21.9 Å². The van der Waals surface area contributed by atoms with Gasteiger partial charge in [0.1, 0.15) is 5.75 Å². The van der Waals surface area contributed by atoms with E-state index in [1.807, 2.05) is 31.2 Å². The number of ether oxygens (including phenoxy) is 1. The topological polar surface area (TPSA) is 95.9 Å². The van der Waals surface area contributed by atoms with Crippen molar-refractivity contribution in [3.63, 3.8) is 0 Å². The van der Waals surface area contributed by atoms with Gasteiger partial charge in [0.05, 0.1) is 23.6 Å². The fourth-order valence-corrected chi connectivity index (χ4v) is 10.8. The van der Waals surface area contributed by atoms with Crippen LogP contribution in [0.2, 0.25) is 5.02 Å². The lowest BCUT2D eigenvalue weighted by Gasteiger charge is -2.49. The lowest BCUT2D eigenvalue weighted by atomic mass is 9.62. The van der Waals surface area contributed by atoms with E-state index in [4.69, 9.17) is 16.3 Å². The van der Waals surface area contributed by atoms with Crippen LogP contribution in [0.25, 0.3) is 0 Å². The zero-order chi connectivity index (χ0) is 30.8. The predicted octanol–water partition coefficient (Wildman–Crippen LogP) is 5.88. The Morgan fingerprint density at radius 3 is 2.68 bits per heavy atom. The molecule has 7 rings (SSSR count). The van der Waals surface area contributed by atoms with Crippen LogP contribution in [0.5, 0.6) is 5.75 Å². The maximum absolute atomic E-state index is 13.6. The first kappa shape index (κ1) is 30.1. The Bertz CT molecular complexity index is 1590. The van der Waals surface area contributed by atoms with Gasteiger partial charge in [-0.3, -0.25) is 4.79 Å². The standard InChI is InChI=1S/C35H43ClN2O5S/c1-21-5-3-7-31(39)27-15-22(2)28(27)18-38-19-35(14-4-6-24-16-26(36)11-12-29(24)35)20-43-32-13-10-25(17-30(32)38)34(40)37-44(41,42)33(21)23-8-9-23/h3,7,10-13,16-17,21-23,27-28,31,33,39H,4-6,8-9,14-15,18-20H2,1-2H3,(H,37,40)/b7-3+/t21-,22-,27-,28-,31+,33-,35+/m1/s1. The van der Waals surface area contributed by atoms with Crippen molar-refractivity contribution in [2.45, 2.75) is 75.6 Å². The van der Waals surface area contributed by atoms with E-state index in [-0.39, 0.29) is 29.1 Å². The molecule has 3 aliphatic carbocycles. The minimum absolute atomic E-state index is 0.0461. The summed E-state index contributed by atoms with van der Waals surface area (Å²) in [5.41, 5.74) is 3.36. The van der Waals surface area contributed by atoms with Gasteiger partial charge >= 0.3 is 0 Å². The van der Waals surface area contributed by atoms with Crippen LogP contribution < -0.4 is 14.4 Å². The number of nitrogens with one attached hydrogen (secondary N) is 1. The molecule has 0 radical (unpaired) electrons. The number of allylic oxidation sites excluding steroid dienone is 1. The predicted molar refractivity (Wildman–Crippen MR) is 173 cm³/mol. The molecule has 1 spiro atoms. The number of hydrogen-bond acceptors (Lipinski definition) is 6. The molecule has 2 fully saturated rings. The van der Waals surface area contributed by atoms with Gasteiger partial charge < -0.3 is 14.7 Å². The van der Waals surface area contributed by atoms with E-state index < -0.39 is 27.3 Å². The quantitative estimate of drug-likeness (QED) is 0.379. The molecule has 2 aliphatic heterocycles. The molecule has 2 bridgehead atoms. The number of carbonyl (C=O) groups excluding carboxylic acids is 1. The number of benzene rings is 2. The molecule has 0 aromatic heterocycles. The van der Waals surface area contributed by atoms with E-state index in [0.29, 0.717) is 43.3 Å². The first-order valence-electron chi connectivity index (χ1n) is 16.3. The minimum Gasteiger partial charge on any atom is -0.490 e. The number of halogens is 1. The Morgan fingerprint density at radius 2 is 1.91 bits per heavy atom. The molecule has 7 nitrogen and oxygen atoms in total. The highest BCUT2D eigenvalue weighted by atomic mass is 35.5. The van der Waals surface area contributed by atoms with Crippen molar-refractivity contribution in [2.75, 3.05) is 24.6 Å². The van der Waals surface area contributed by atoms with E-state index in [9.17, 15) is 18.3 Å². The fourth-order valence-electron chi connectivity index (χ4n) is 8.64. The SMILES string of the molecule is C[C@@H]1C[C@@H]2[C@@H]1CN1C[C@@]3(CCCc4cc(Cl)ccc43)COc3ccc(cc31)C(=O)NS(=O)(=O)[C@@H](C1CC1)[C@H](C)C/C=C/[C@@H]2O. The highest BCUT2D eigenvalue weighted by Gasteiger charge is 2.47. The number of fused-ring (bicyclic) bond motifs is 4. The molecular weight excluding hydrogens is 596 g/mol. The second-order valence-corrected chi connectivity index (χ2v) is 16.5. The Morgan fingerprint density at radius 1 is 1.09 bits per heavy atom. The molecule has 5 aliphatic rings. The normalized spacial score (nSPS) is 35.7. The summed E-state index contributed by atoms with van der Waals surface area (Å²) in [6.45, 7) is 6.10. The van der Waals surface area contributed by atoms with Gasteiger partial charge in [-0.25, -0.2) is 13.1 Å². The molecule has 2 heterocycles. The summed E-state index contributed by atoms with van der Waals surface area (Å²) in [7, 11) is -3.92. The maximum atomic E-state index is 13.6. The first-order chi connectivity index (χ1) is 21.0. The van der Waals surface area contributed by atoms with Crippen LogP contribution in [0, 0.1) is 29.6 Å². The molecule has 9 heteroatoms. The summed E-state index contributed by atoms with van der Waals surface area (Å²) >= 11 is 6.41. The third-order valence-corrected chi connectivity index (χ3v) is 13.4. The number of anilines is 1. The maximum Gasteiger partial charge on any atom is 0.264 e. The number of amides is 1. The van der Waals surface area contributed by atoms with Crippen molar-refractivity contribution in [3.8, 4) is 5.75 Å². The van der Waals surface area contributed by atoms with Crippen LogP contribution in [0.15, 0.2) is 48.6 Å². The van der Waals surface area contributed by atoms with Crippen molar-refractivity contribution >= 4 is 33.2 Å². The number of nitrogens with zero attached hydrogens (tertiary/aromatic N) is 1. The molecule has 44 heavy (non-hydrogen) atoms. The Labute approximate surface area is 266 Å². The monoisotopic (exact) mass is 638 g/mol. The number of aryl methyl sites for hydroxylation is 1. The number of aliphatic hydroxyl groups is 1. The number of hydrogen-bond donors (Lipinski definition) is 2. The van der Waals surface area contributed by atoms with E-state index in [2.05, 4.69) is 28.7 Å². The van der Waals surface area contributed by atoms with Crippen molar-refractivity contribution in [1.29, 1.82) is 0 Å². The second kappa shape index (κ2) is 11.4. The molecule has 2 N–H and O–H groups in total. The summed E-state index contributed by atoms with van der Waals surface area (Å²) in [6, 6.07) is 11.5. The van der Waals surface area contributed by atoms with Crippen molar-refractivity contribution < 1.29 is 23.1 Å². The van der Waals surface area contributed by atoms with Gasteiger partial charge in [-0.2, -0.15) is 0 Å². The number of carbonyl (C=O) groups is 1. The number of rotatable bonds is 1. The van der Waals surface area contributed by atoms with Crippen LogP contribution >= 0.6 is 11.6 Å². The first-order valence-corrected chi connectivity index (χ1v) is 18.2. The Balaban J connectivity index is 1.31. The average Bonchev–Trinajstić information content (AvgIpc) is 3.81. The number of aliphatic hydroxyl groups excluding tert-OH is 1. The smallest absolute Gasteiger partial charge is 0.264 e. The molecule has 2 aromatic carbocycles. The van der Waals surface area contributed by atoms with Gasteiger partial charge in [0.25, 0.3) is 5.91 Å². The highest BCUT2D eigenvalue weighted by molar-refractivity contribution is 7.90. The van der Waals surface area contributed by atoms with Crippen molar-refractivity contribution in [2.24, 2.45) is 29.6 Å². The average molecular weight is 639 g/mol.